The molecule has 1 aliphatic carbocycles. The number of anilines is 1. The summed E-state index contributed by atoms with van der Waals surface area (Å²) in [6.45, 7) is 2.69. The maximum absolute atomic E-state index is 12.2. The number of nitrogens with zero attached hydrogens (tertiary/aromatic N) is 1. The van der Waals surface area contributed by atoms with E-state index in [1.807, 2.05) is 0 Å². The van der Waals surface area contributed by atoms with Crippen LogP contribution < -0.4 is 10.6 Å². The van der Waals surface area contributed by atoms with Crippen LogP contribution in [-0.4, -0.2) is 23.3 Å². The highest BCUT2D eigenvalue weighted by atomic mass is 32.1. The van der Waals surface area contributed by atoms with E-state index in [2.05, 4.69) is 22.5 Å². The largest absolute Gasteiger partial charge is 0.355 e. The third kappa shape index (κ3) is 2.85. The van der Waals surface area contributed by atoms with Crippen LogP contribution in [0.2, 0.25) is 0 Å². The molecule has 0 radical (unpaired) electrons. The zero-order valence-corrected chi connectivity index (χ0v) is 12.4. The van der Waals surface area contributed by atoms with Crippen molar-refractivity contribution in [2.24, 2.45) is 11.8 Å². The number of hydrogen-bond donors (Lipinski definition) is 2. The van der Waals surface area contributed by atoms with Crippen molar-refractivity contribution < 1.29 is 9.59 Å². The lowest BCUT2D eigenvalue weighted by atomic mass is 9.93. The van der Waals surface area contributed by atoms with Crippen molar-refractivity contribution in [3.63, 3.8) is 0 Å². The van der Waals surface area contributed by atoms with Gasteiger partial charge >= 0.3 is 0 Å². The molecule has 1 aliphatic heterocycles. The third-order valence-corrected chi connectivity index (χ3v) is 5.09. The minimum Gasteiger partial charge on any atom is -0.355 e. The van der Waals surface area contributed by atoms with Crippen molar-refractivity contribution in [2.45, 2.75) is 39.0 Å². The fourth-order valence-corrected chi connectivity index (χ4v) is 3.93. The molecule has 6 heteroatoms. The Labute approximate surface area is 122 Å². The fraction of sp³-hybridized carbons (Fsp3) is 0.643. The number of amides is 2. The van der Waals surface area contributed by atoms with Crippen LogP contribution in [0, 0.1) is 11.8 Å². The van der Waals surface area contributed by atoms with E-state index >= 15 is 0 Å². The first-order valence-corrected chi connectivity index (χ1v) is 7.99. The minimum atomic E-state index is -0.132. The lowest BCUT2D eigenvalue weighted by Crippen LogP contribution is -2.40. The molecule has 2 amide bonds. The molecule has 0 bridgehead atoms. The number of piperidine rings is 1. The Kier molecular flexibility index (Phi) is 3.74. The van der Waals surface area contributed by atoms with Crippen LogP contribution in [0.3, 0.4) is 0 Å². The van der Waals surface area contributed by atoms with Gasteiger partial charge in [0.2, 0.25) is 11.8 Å². The van der Waals surface area contributed by atoms with Gasteiger partial charge in [-0.1, -0.05) is 6.92 Å². The molecule has 2 heterocycles. The number of thiazole rings is 1. The second-order valence-electron chi connectivity index (χ2n) is 5.77. The van der Waals surface area contributed by atoms with Crippen molar-refractivity contribution in [3.8, 4) is 0 Å². The van der Waals surface area contributed by atoms with E-state index in [1.54, 1.807) is 11.3 Å². The number of carbonyl (C=O) groups is 2. The van der Waals surface area contributed by atoms with Gasteiger partial charge in [0.05, 0.1) is 11.6 Å². The Hall–Kier alpha value is -1.43. The van der Waals surface area contributed by atoms with Crippen LogP contribution in [0.15, 0.2) is 0 Å². The molecule has 0 saturated carbocycles. The van der Waals surface area contributed by atoms with E-state index in [9.17, 15) is 9.59 Å². The molecule has 1 aromatic rings. The van der Waals surface area contributed by atoms with Crippen LogP contribution in [0.1, 0.15) is 36.8 Å². The van der Waals surface area contributed by atoms with E-state index in [-0.39, 0.29) is 17.7 Å². The summed E-state index contributed by atoms with van der Waals surface area (Å²) in [7, 11) is 0. The zero-order chi connectivity index (χ0) is 14.1. The SMILES string of the molecule is CC1CCc2nc(NC(=O)C3CCC(=O)NC3)sc2C1. The number of rotatable bonds is 2. The first-order chi connectivity index (χ1) is 9.61. The topological polar surface area (TPSA) is 71.1 Å². The Bertz CT molecular complexity index is 531. The summed E-state index contributed by atoms with van der Waals surface area (Å²) in [4.78, 5) is 29.1. The maximum atomic E-state index is 12.2. The first-order valence-electron chi connectivity index (χ1n) is 7.18. The molecular formula is C14H19N3O2S. The Balaban J connectivity index is 1.63. The van der Waals surface area contributed by atoms with Gasteiger partial charge < -0.3 is 10.6 Å². The van der Waals surface area contributed by atoms with Crippen LogP contribution in [0.25, 0.3) is 0 Å². The summed E-state index contributed by atoms with van der Waals surface area (Å²) >= 11 is 1.60. The summed E-state index contributed by atoms with van der Waals surface area (Å²) in [6.07, 6.45) is 4.33. The molecule has 0 aromatic carbocycles. The molecule has 2 unspecified atom stereocenters. The maximum Gasteiger partial charge on any atom is 0.231 e. The molecule has 3 rings (SSSR count). The van der Waals surface area contributed by atoms with Gasteiger partial charge in [-0.3, -0.25) is 9.59 Å². The van der Waals surface area contributed by atoms with Gasteiger partial charge in [0.25, 0.3) is 0 Å². The van der Waals surface area contributed by atoms with Crippen LogP contribution >= 0.6 is 11.3 Å². The van der Waals surface area contributed by atoms with E-state index in [1.165, 1.54) is 11.3 Å². The number of fused-ring (bicyclic) bond motifs is 1. The summed E-state index contributed by atoms with van der Waals surface area (Å²) < 4.78 is 0. The minimum absolute atomic E-state index is 0.0239. The normalized spacial score (nSPS) is 25.8. The summed E-state index contributed by atoms with van der Waals surface area (Å²) in [5, 5.41) is 6.37. The molecule has 2 aliphatic rings. The molecule has 0 spiro atoms. The van der Waals surface area contributed by atoms with Crippen LogP contribution in [0.5, 0.6) is 0 Å². The molecule has 2 N–H and O–H groups in total. The highest BCUT2D eigenvalue weighted by Crippen LogP contribution is 2.32. The lowest BCUT2D eigenvalue weighted by Gasteiger charge is -2.20. The third-order valence-electron chi connectivity index (χ3n) is 4.05. The van der Waals surface area contributed by atoms with E-state index in [0.717, 1.165) is 18.5 Å². The zero-order valence-electron chi connectivity index (χ0n) is 11.6. The predicted octanol–water partition coefficient (Wildman–Crippen LogP) is 1.73. The number of nitrogens with one attached hydrogen (secondary N) is 2. The lowest BCUT2D eigenvalue weighted by molar-refractivity contribution is -0.126. The summed E-state index contributed by atoms with van der Waals surface area (Å²) in [6, 6.07) is 0. The van der Waals surface area contributed by atoms with Gasteiger partial charge in [-0.25, -0.2) is 4.98 Å². The molecule has 1 aromatic heterocycles. The van der Waals surface area contributed by atoms with Gasteiger partial charge in [0.15, 0.2) is 5.13 Å². The predicted molar refractivity (Wildman–Crippen MR) is 77.7 cm³/mol. The second kappa shape index (κ2) is 5.52. The van der Waals surface area contributed by atoms with Gasteiger partial charge in [0.1, 0.15) is 0 Å². The first kappa shape index (κ1) is 13.5. The second-order valence-corrected chi connectivity index (χ2v) is 6.85. The van der Waals surface area contributed by atoms with Crippen molar-refractivity contribution in [1.82, 2.24) is 10.3 Å². The highest BCUT2D eigenvalue weighted by molar-refractivity contribution is 7.15. The summed E-state index contributed by atoms with van der Waals surface area (Å²) in [5.74, 6) is 0.588. The van der Waals surface area contributed by atoms with Crippen LogP contribution in [0.4, 0.5) is 5.13 Å². The molecule has 2 atom stereocenters. The van der Waals surface area contributed by atoms with Gasteiger partial charge in [-0.05, 0) is 31.6 Å². The highest BCUT2D eigenvalue weighted by Gasteiger charge is 2.26. The fourth-order valence-electron chi connectivity index (χ4n) is 2.76. The Morgan fingerprint density at radius 2 is 2.25 bits per heavy atom. The number of aromatic nitrogens is 1. The average Bonchev–Trinajstić information content (AvgIpc) is 2.80. The smallest absolute Gasteiger partial charge is 0.231 e. The Morgan fingerprint density at radius 1 is 1.40 bits per heavy atom. The number of aryl methyl sites for hydroxylation is 1. The standard InChI is InChI=1S/C14H19N3O2S/c1-8-2-4-10-11(6-8)20-14(16-10)17-13(19)9-3-5-12(18)15-7-9/h8-9H,2-7H2,1H3,(H,15,18)(H,16,17,19). The van der Waals surface area contributed by atoms with Crippen LogP contribution in [-0.2, 0) is 22.4 Å². The number of hydrogen-bond acceptors (Lipinski definition) is 4. The molecule has 108 valence electrons. The molecule has 5 nitrogen and oxygen atoms in total. The molecule has 20 heavy (non-hydrogen) atoms. The van der Waals surface area contributed by atoms with Crippen molar-refractivity contribution >= 4 is 28.3 Å². The molecule has 1 saturated heterocycles. The van der Waals surface area contributed by atoms with Gasteiger partial charge in [-0.15, -0.1) is 11.3 Å². The molecule has 1 fully saturated rings. The van der Waals surface area contributed by atoms with Gasteiger partial charge in [-0.2, -0.15) is 0 Å². The molecular weight excluding hydrogens is 274 g/mol. The average molecular weight is 293 g/mol. The quantitative estimate of drug-likeness (QED) is 0.872. The number of carbonyl (C=O) groups excluding carboxylic acids is 2. The van der Waals surface area contributed by atoms with Crippen molar-refractivity contribution in [2.75, 3.05) is 11.9 Å². The van der Waals surface area contributed by atoms with E-state index < -0.39 is 0 Å². The van der Waals surface area contributed by atoms with Crippen molar-refractivity contribution in [1.29, 1.82) is 0 Å². The summed E-state index contributed by atoms with van der Waals surface area (Å²) in [5.41, 5.74) is 1.15. The Morgan fingerprint density at radius 3 is 3.00 bits per heavy atom. The van der Waals surface area contributed by atoms with E-state index in [0.29, 0.717) is 30.4 Å². The monoisotopic (exact) mass is 293 g/mol. The van der Waals surface area contributed by atoms with Crippen molar-refractivity contribution in [3.05, 3.63) is 10.6 Å². The van der Waals surface area contributed by atoms with E-state index in [4.69, 9.17) is 0 Å². The van der Waals surface area contributed by atoms with Gasteiger partial charge in [0, 0.05) is 17.8 Å².